The summed E-state index contributed by atoms with van der Waals surface area (Å²) in [6, 6.07) is 13.0. The van der Waals surface area contributed by atoms with Crippen LogP contribution < -0.4 is 10.1 Å². The van der Waals surface area contributed by atoms with Gasteiger partial charge in [0, 0.05) is 16.6 Å². The number of phenols is 1. The van der Waals surface area contributed by atoms with Crippen molar-refractivity contribution in [2.75, 3.05) is 12.4 Å². The molecule has 0 aliphatic heterocycles. The molecule has 0 saturated heterocycles. The minimum atomic E-state index is -0.977. The van der Waals surface area contributed by atoms with Crippen molar-refractivity contribution in [1.82, 2.24) is 9.97 Å². The van der Waals surface area contributed by atoms with Crippen LogP contribution in [-0.4, -0.2) is 33.3 Å². The van der Waals surface area contributed by atoms with Crippen molar-refractivity contribution in [3.05, 3.63) is 53.9 Å². The number of anilines is 1. The molecule has 0 saturated carbocycles. The molecule has 3 N–H and O–H groups in total. The Kier molecular flexibility index (Phi) is 4.70. The third kappa shape index (κ3) is 3.41. The molecule has 4 rings (SSSR count). The first-order valence-electron chi connectivity index (χ1n) is 8.55. The zero-order valence-electron chi connectivity index (χ0n) is 15.0. The molecule has 28 heavy (non-hydrogen) atoms. The third-order valence-corrected chi connectivity index (χ3v) is 5.36. The molecule has 2 heterocycles. The quantitative estimate of drug-likeness (QED) is 0.456. The second-order valence-corrected chi connectivity index (χ2v) is 7.23. The zero-order chi connectivity index (χ0) is 19.7. The van der Waals surface area contributed by atoms with E-state index in [0.717, 1.165) is 25.9 Å². The Labute approximate surface area is 164 Å². The van der Waals surface area contributed by atoms with Gasteiger partial charge in [-0.1, -0.05) is 24.3 Å². The lowest BCUT2D eigenvalue weighted by molar-refractivity contribution is -0.136. The van der Waals surface area contributed by atoms with E-state index in [0.29, 0.717) is 18.1 Å². The molecule has 8 heteroatoms. The van der Waals surface area contributed by atoms with E-state index in [1.165, 1.54) is 18.4 Å². The number of rotatable bonds is 6. The van der Waals surface area contributed by atoms with Crippen LogP contribution in [0.1, 0.15) is 11.4 Å². The summed E-state index contributed by atoms with van der Waals surface area (Å²) in [5, 5.41) is 24.1. The van der Waals surface area contributed by atoms with Crippen LogP contribution in [0.4, 0.5) is 5.82 Å². The Morgan fingerprint density at radius 3 is 2.82 bits per heavy atom. The number of carboxylic acid groups (broad SMARTS) is 1. The molecule has 0 spiro atoms. The number of carboxylic acids is 1. The lowest BCUT2D eigenvalue weighted by atomic mass is 10.2. The van der Waals surface area contributed by atoms with E-state index in [2.05, 4.69) is 15.3 Å². The van der Waals surface area contributed by atoms with Crippen LogP contribution in [0.5, 0.6) is 11.5 Å². The fraction of sp³-hybridized carbons (Fsp3) is 0.150. The van der Waals surface area contributed by atoms with Gasteiger partial charge in [0.15, 0.2) is 11.5 Å². The molecule has 7 nitrogen and oxygen atoms in total. The first kappa shape index (κ1) is 18.0. The van der Waals surface area contributed by atoms with E-state index in [-0.39, 0.29) is 18.0 Å². The van der Waals surface area contributed by atoms with Gasteiger partial charge in [-0.25, -0.2) is 9.97 Å². The maximum atomic E-state index is 11.1. The van der Waals surface area contributed by atoms with Crippen molar-refractivity contribution in [2.45, 2.75) is 13.0 Å². The normalized spacial score (nSPS) is 11.0. The molecular weight excluding hydrogens is 378 g/mol. The molecule has 2 aromatic heterocycles. The molecule has 0 unspecified atom stereocenters. The molecular formula is C20H17N3O4S. The number of methoxy groups -OCH3 is 1. The summed E-state index contributed by atoms with van der Waals surface area (Å²) in [5.74, 6) is 0.334. The number of fused-ring (bicyclic) bond motifs is 3. The predicted molar refractivity (Wildman–Crippen MR) is 108 cm³/mol. The molecule has 4 aromatic rings. The number of ether oxygens (including phenoxy) is 1. The first-order valence-corrected chi connectivity index (χ1v) is 9.36. The highest BCUT2D eigenvalue weighted by molar-refractivity contribution is 7.25. The Morgan fingerprint density at radius 2 is 2.04 bits per heavy atom. The number of nitrogens with one attached hydrogen (secondary N) is 1. The van der Waals surface area contributed by atoms with E-state index >= 15 is 0 Å². The number of hydrogen-bond acceptors (Lipinski definition) is 7. The minimum Gasteiger partial charge on any atom is -0.504 e. The Balaban J connectivity index is 1.76. The summed E-state index contributed by atoms with van der Waals surface area (Å²) in [6.45, 7) is 0.430. The van der Waals surface area contributed by atoms with E-state index in [4.69, 9.17) is 9.84 Å². The van der Waals surface area contributed by atoms with E-state index in [1.807, 2.05) is 24.3 Å². The zero-order valence-corrected chi connectivity index (χ0v) is 15.8. The average Bonchev–Trinajstić information content (AvgIpc) is 3.05. The number of aliphatic carboxylic acids is 1. The van der Waals surface area contributed by atoms with Crippen molar-refractivity contribution < 1.29 is 19.7 Å². The maximum Gasteiger partial charge on any atom is 0.311 e. The average molecular weight is 395 g/mol. The molecule has 0 atom stereocenters. The summed E-state index contributed by atoms with van der Waals surface area (Å²) in [6.07, 6.45) is -0.244. The number of aromatic hydroxyl groups is 1. The predicted octanol–water partition coefficient (Wildman–Crippen LogP) is 3.80. The van der Waals surface area contributed by atoms with Crippen molar-refractivity contribution in [3.63, 3.8) is 0 Å². The van der Waals surface area contributed by atoms with Gasteiger partial charge in [0.2, 0.25) is 0 Å². The van der Waals surface area contributed by atoms with Gasteiger partial charge in [0.25, 0.3) is 0 Å². The van der Waals surface area contributed by atoms with Crippen LogP contribution in [0.3, 0.4) is 0 Å². The molecule has 0 radical (unpaired) electrons. The summed E-state index contributed by atoms with van der Waals surface area (Å²) >= 11 is 1.51. The number of phenolic OH excluding ortho intramolecular Hbond substituents is 1. The monoisotopic (exact) mass is 395 g/mol. The SMILES string of the molecule is COc1cc(CNc2nc(CC(=O)O)nc3sc4ccccc4c23)ccc1O. The summed E-state index contributed by atoms with van der Waals surface area (Å²) in [5.41, 5.74) is 0.890. The lowest BCUT2D eigenvalue weighted by Gasteiger charge is -2.10. The number of aromatic nitrogens is 2. The van der Waals surface area contributed by atoms with Crippen LogP contribution in [0.15, 0.2) is 42.5 Å². The highest BCUT2D eigenvalue weighted by Crippen LogP contribution is 2.36. The third-order valence-electron chi connectivity index (χ3n) is 4.30. The van der Waals surface area contributed by atoms with Crippen LogP contribution in [-0.2, 0) is 17.8 Å². The Bertz CT molecular complexity index is 1190. The molecule has 142 valence electrons. The number of thiophene rings is 1. The van der Waals surface area contributed by atoms with Gasteiger partial charge in [-0.15, -0.1) is 11.3 Å². The van der Waals surface area contributed by atoms with E-state index in [1.54, 1.807) is 18.2 Å². The van der Waals surface area contributed by atoms with Crippen LogP contribution in [0, 0.1) is 0 Å². The van der Waals surface area contributed by atoms with Gasteiger partial charge < -0.3 is 20.3 Å². The number of nitrogens with zero attached hydrogens (tertiary/aromatic N) is 2. The number of carbonyl (C=O) groups is 1. The summed E-state index contributed by atoms with van der Waals surface area (Å²) < 4.78 is 6.21. The standard InChI is InChI=1S/C20H17N3O4S/c1-27-14-8-11(6-7-13(14)24)10-21-19-18-12-4-2-3-5-15(12)28-20(18)23-16(22-19)9-17(25)26/h2-8,24H,9-10H2,1H3,(H,25,26)(H,21,22,23). The first-order chi connectivity index (χ1) is 13.5. The molecule has 0 bridgehead atoms. The summed E-state index contributed by atoms with van der Waals surface area (Å²) in [7, 11) is 1.50. The van der Waals surface area contributed by atoms with Gasteiger partial charge in [-0.2, -0.15) is 0 Å². The highest BCUT2D eigenvalue weighted by atomic mass is 32.1. The van der Waals surface area contributed by atoms with Crippen molar-refractivity contribution in [2.24, 2.45) is 0 Å². The second-order valence-electron chi connectivity index (χ2n) is 6.20. The van der Waals surface area contributed by atoms with Gasteiger partial charge in [-0.3, -0.25) is 4.79 Å². The van der Waals surface area contributed by atoms with E-state index in [9.17, 15) is 9.90 Å². The molecule has 0 aliphatic carbocycles. The minimum absolute atomic E-state index is 0.0725. The van der Waals surface area contributed by atoms with Crippen molar-refractivity contribution >= 4 is 43.4 Å². The van der Waals surface area contributed by atoms with Gasteiger partial charge in [-0.05, 0) is 23.8 Å². The molecule has 2 aromatic carbocycles. The van der Waals surface area contributed by atoms with Crippen LogP contribution in [0.25, 0.3) is 20.3 Å². The van der Waals surface area contributed by atoms with Crippen molar-refractivity contribution in [1.29, 1.82) is 0 Å². The van der Waals surface area contributed by atoms with Gasteiger partial charge in [0.1, 0.15) is 22.9 Å². The smallest absolute Gasteiger partial charge is 0.311 e. The fourth-order valence-corrected chi connectivity index (χ4v) is 4.12. The Hall–Kier alpha value is -3.39. The number of benzene rings is 2. The number of hydrogen-bond donors (Lipinski definition) is 3. The second kappa shape index (κ2) is 7.32. The lowest BCUT2D eigenvalue weighted by Crippen LogP contribution is -2.08. The highest BCUT2D eigenvalue weighted by Gasteiger charge is 2.15. The van der Waals surface area contributed by atoms with Gasteiger partial charge in [0.05, 0.1) is 12.5 Å². The van der Waals surface area contributed by atoms with Crippen LogP contribution in [0.2, 0.25) is 0 Å². The topological polar surface area (TPSA) is 105 Å². The largest absolute Gasteiger partial charge is 0.504 e. The van der Waals surface area contributed by atoms with Crippen LogP contribution >= 0.6 is 11.3 Å². The summed E-state index contributed by atoms with van der Waals surface area (Å²) in [4.78, 5) is 20.8. The Morgan fingerprint density at radius 1 is 1.21 bits per heavy atom. The molecule has 0 aliphatic rings. The molecule has 0 fully saturated rings. The molecule has 0 amide bonds. The van der Waals surface area contributed by atoms with E-state index < -0.39 is 5.97 Å². The fourth-order valence-electron chi connectivity index (χ4n) is 3.03. The van der Waals surface area contributed by atoms with Gasteiger partial charge >= 0.3 is 5.97 Å². The van der Waals surface area contributed by atoms with Crippen molar-refractivity contribution in [3.8, 4) is 11.5 Å². The maximum absolute atomic E-state index is 11.1.